The molecule has 0 radical (unpaired) electrons. The summed E-state index contributed by atoms with van der Waals surface area (Å²) in [6.07, 6.45) is 14.6. The number of rotatable bonds is 9. The van der Waals surface area contributed by atoms with Crippen molar-refractivity contribution in [1.29, 1.82) is 0 Å². The van der Waals surface area contributed by atoms with Crippen molar-refractivity contribution < 1.29 is 9.59 Å². The summed E-state index contributed by atoms with van der Waals surface area (Å²) in [5.41, 5.74) is 11.4. The highest BCUT2D eigenvalue weighted by molar-refractivity contribution is 5.84. The molecule has 3 fully saturated rings. The van der Waals surface area contributed by atoms with E-state index in [1.807, 2.05) is 47.6 Å². The van der Waals surface area contributed by atoms with Crippen LogP contribution in [-0.4, -0.2) is 103 Å². The number of aryl methyl sites for hydroxylation is 2. The van der Waals surface area contributed by atoms with Crippen molar-refractivity contribution in [3.8, 4) is 0 Å². The Balaban J connectivity index is 0.000000199. The zero-order valence-electron chi connectivity index (χ0n) is 31.8. The Bertz CT molecular complexity index is 2080. The van der Waals surface area contributed by atoms with Crippen molar-refractivity contribution in [3.63, 3.8) is 0 Å². The highest BCUT2D eigenvalue weighted by Gasteiger charge is 2.32. The zero-order chi connectivity index (χ0) is 37.6. The van der Waals surface area contributed by atoms with Gasteiger partial charge in [0.2, 0.25) is 12.3 Å². The Labute approximate surface area is 317 Å². The fraction of sp³-hybridized carbons (Fsp3) is 0.500. The number of amides is 2. The topological polar surface area (TPSA) is 149 Å². The number of piperidine rings is 3. The van der Waals surface area contributed by atoms with Gasteiger partial charge in [-0.1, -0.05) is 31.2 Å². The van der Waals surface area contributed by atoms with Crippen LogP contribution < -0.4 is 11.3 Å². The van der Waals surface area contributed by atoms with E-state index in [-0.39, 0.29) is 17.4 Å². The van der Waals surface area contributed by atoms with Crippen molar-refractivity contribution in [2.75, 3.05) is 39.3 Å². The molecule has 2 aromatic carbocycles. The van der Waals surface area contributed by atoms with Crippen molar-refractivity contribution in [1.82, 2.24) is 39.4 Å². The van der Waals surface area contributed by atoms with Crippen LogP contribution in [0.2, 0.25) is 0 Å². The molecule has 1 unspecified atom stereocenters. The second-order valence-corrected chi connectivity index (χ2v) is 15.5. The predicted octanol–water partition coefficient (Wildman–Crippen LogP) is 5.08. The van der Waals surface area contributed by atoms with Crippen molar-refractivity contribution in [3.05, 3.63) is 93.9 Å². The summed E-state index contributed by atoms with van der Waals surface area (Å²) in [6.45, 7) is 10.7. The van der Waals surface area contributed by atoms with Crippen LogP contribution in [0.15, 0.2) is 65.8 Å². The molecule has 4 N–H and O–H groups in total. The lowest BCUT2D eigenvalue weighted by Gasteiger charge is -2.42. The van der Waals surface area contributed by atoms with Gasteiger partial charge in [0.05, 0.1) is 17.8 Å². The highest BCUT2D eigenvalue weighted by Crippen LogP contribution is 2.31. The van der Waals surface area contributed by atoms with Gasteiger partial charge in [-0.25, -0.2) is 4.98 Å². The Hall–Kier alpha value is -4.81. The minimum atomic E-state index is -0.502. The lowest BCUT2D eigenvalue weighted by atomic mass is 9.90. The maximum absolute atomic E-state index is 13.1. The standard InChI is InChI=1S/C27H39N7O.C15H16N2O2/c1-3-9-33-14-8-29-26(33)21-4-10-32(11-5-21)23-6-12-34(13-7-23)27(35)24(28)17-20-15-19(2)25-22(16-20)18-30-31-25;18-10-17-7-5-11(6-8-17)13-9-12-3-1-2-4-14(12)16-15(13)19/h8,14-16,18,21,23-24H,3-7,9-13,17,28H2,1-2H3,(H,30,31);1-4,9-11H,5-8H2,(H,16,19). The molecule has 0 spiro atoms. The van der Waals surface area contributed by atoms with E-state index in [1.54, 1.807) is 4.90 Å². The number of carbonyl (C=O) groups excluding carboxylic acids is 2. The Kier molecular flexibility index (Phi) is 11.9. The normalized spacial score (nSPS) is 18.5. The van der Waals surface area contributed by atoms with Crippen LogP contribution in [0.5, 0.6) is 0 Å². The summed E-state index contributed by atoms with van der Waals surface area (Å²) in [7, 11) is 0. The SMILES string of the molecule is CCCn1ccnc1C1CCN(C2CCN(C(=O)C(N)Cc3cc(C)c4[nH]ncc4c3)CC2)CC1.O=CN1CCC(c2cc3ccccc3[nH]c2=O)CC1. The summed E-state index contributed by atoms with van der Waals surface area (Å²) in [5.74, 6) is 2.17. The van der Waals surface area contributed by atoms with Crippen LogP contribution >= 0.6 is 0 Å². The number of carbonyl (C=O) groups is 2. The Morgan fingerprint density at radius 2 is 1.70 bits per heavy atom. The average molecular weight is 734 g/mol. The summed E-state index contributed by atoms with van der Waals surface area (Å²) in [4.78, 5) is 50.0. The molecule has 2 amide bonds. The molecule has 0 aliphatic carbocycles. The zero-order valence-corrected chi connectivity index (χ0v) is 31.8. The molecule has 0 bridgehead atoms. The second kappa shape index (κ2) is 17.1. The molecule has 12 nitrogen and oxygen atoms in total. The van der Waals surface area contributed by atoms with E-state index in [9.17, 15) is 14.4 Å². The number of para-hydroxylation sites is 1. The molecule has 1 atom stereocenters. The molecule has 286 valence electrons. The van der Waals surface area contributed by atoms with E-state index in [4.69, 9.17) is 5.73 Å². The van der Waals surface area contributed by atoms with E-state index in [0.717, 1.165) is 123 Å². The Morgan fingerprint density at radius 1 is 0.963 bits per heavy atom. The third-order valence-electron chi connectivity index (χ3n) is 11.9. The molecule has 3 aromatic heterocycles. The first-order valence-electron chi connectivity index (χ1n) is 19.8. The number of nitrogens with zero attached hydrogens (tertiary/aromatic N) is 6. The van der Waals surface area contributed by atoms with Gasteiger partial charge in [-0.05, 0) is 112 Å². The number of hydrogen-bond acceptors (Lipinski definition) is 7. The van der Waals surface area contributed by atoms with Crippen molar-refractivity contribution in [2.24, 2.45) is 5.73 Å². The van der Waals surface area contributed by atoms with Gasteiger partial charge in [-0.2, -0.15) is 5.10 Å². The minimum Gasteiger partial charge on any atom is -0.345 e. The van der Waals surface area contributed by atoms with Crippen LogP contribution in [0.25, 0.3) is 21.8 Å². The quantitative estimate of drug-likeness (QED) is 0.179. The maximum Gasteiger partial charge on any atom is 0.251 e. The molecule has 12 heteroatoms. The molecule has 0 saturated carbocycles. The third-order valence-corrected chi connectivity index (χ3v) is 11.9. The van der Waals surface area contributed by atoms with Crippen molar-refractivity contribution >= 4 is 34.1 Å². The molecule has 6 heterocycles. The van der Waals surface area contributed by atoms with Crippen LogP contribution in [0.4, 0.5) is 0 Å². The molecule has 5 aromatic rings. The van der Waals surface area contributed by atoms with Gasteiger partial charge in [-0.15, -0.1) is 0 Å². The first-order chi connectivity index (χ1) is 26.3. The van der Waals surface area contributed by atoms with Crippen LogP contribution in [-0.2, 0) is 22.6 Å². The number of pyridine rings is 1. The van der Waals surface area contributed by atoms with Gasteiger partial charge < -0.3 is 30.0 Å². The number of imidazole rings is 1. The average Bonchev–Trinajstić information content (AvgIpc) is 3.88. The fourth-order valence-electron chi connectivity index (χ4n) is 8.87. The monoisotopic (exact) mass is 733 g/mol. The van der Waals surface area contributed by atoms with Crippen LogP contribution in [0, 0.1) is 6.92 Å². The molecular weight excluding hydrogens is 679 g/mol. The van der Waals surface area contributed by atoms with Gasteiger partial charge >= 0.3 is 0 Å². The number of benzene rings is 2. The number of likely N-dealkylation sites (tertiary alicyclic amines) is 3. The maximum atomic E-state index is 13.1. The number of aromatic amines is 2. The van der Waals surface area contributed by atoms with Crippen LogP contribution in [0.3, 0.4) is 0 Å². The predicted molar refractivity (Wildman–Crippen MR) is 212 cm³/mol. The Morgan fingerprint density at radius 3 is 2.44 bits per heavy atom. The number of nitrogens with two attached hydrogens (primary N) is 1. The van der Waals surface area contributed by atoms with Gasteiger partial charge in [0.25, 0.3) is 5.56 Å². The smallest absolute Gasteiger partial charge is 0.251 e. The summed E-state index contributed by atoms with van der Waals surface area (Å²) in [6, 6.07) is 14.1. The molecule has 3 aliphatic heterocycles. The second-order valence-electron chi connectivity index (χ2n) is 15.5. The molecular formula is C42H55N9O3. The summed E-state index contributed by atoms with van der Waals surface area (Å²) in [5, 5.41) is 9.28. The van der Waals surface area contributed by atoms with Gasteiger partial charge in [0, 0.05) is 73.5 Å². The molecule has 8 rings (SSSR count). The molecule has 3 saturated heterocycles. The lowest BCUT2D eigenvalue weighted by Crippen LogP contribution is -2.52. The van der Waals surface area contributed by atoms with Gasteiger partial charge in [0.1, 0.15) is 5.82 Å². The largest absolute Gasteiger partial charge is 0.345 e. The number of hydrogen-bond donors (Lipinski definition) is 3. The van der Waals surface area contributed by atoms with E-state index < -0.39 is 6.04 Å². The van der Waals surface area contributed by atoms with E-state index in [2.05, 4.69) is 61.8 Å². The van der Waals surface area contributed by atoms with Crippen LogP contribution in [0.1, 0.15) is 86.2 Å². The van der Waals surface area contributed by atoms with E-state index in [0.29, 0.717) is 18.4 Å². The van der Waals surface area contributed by atoms with Gasteiger partial charge in [0.15, 0.2) is 0 Å². The van der Waals surface area contributed by atoms with Crippen molar-refractivity contribution in [2.45, 2.75) is 95.7 Å². The molecule has 54 heavy (non-hydrogen) atoms. The first-order valence-corrected chi connectivity index (χ1v) is 19.8. The first kappa shape index (κ1) is 37.5. The number of nitrogens with one attached hydrogen (secondary N) is 2. The fourth-order valence-corrected chi connectivity index (χ4v) is 8.87. The summed E-state index contributed by atoms with van der Waals surface area (Å²) >= 11 is 0. The van der Waals surface area contributed by atoms with E-state index in [1.165, 1.54) is 18.7 Å². The van der Waals surface area contributed by atoms with Gasteiger partial charge in [-0.3, -0.25) is 19.5 Å². The minimum absolute atomic E-state index is 0.00301. The lowest BCUT2D eigenvalue weighted by molar-refractivity contribution is -0.134. The molecule has 3 aliphatic rings. The third kappa shape index (κ3) is 8.44. The number of aromatic nitrogens is 5. The van der Waals surface area contributed by atoms with E-state index >= 15 is 0 Å². The number of fused-ring (bicyclic) bond motifs is 2. The highest BCUT2D eigenvalue weighted by atomic mass is 16.2. The number of H-pyrrole nitrogens is 2. The summed E-state index contributed by atoms with van der Waals surface area (Å²) < 4.78 is 2.34.